The van der Waals surface area contributed by atoms with Gasteiger partial charge in [-0.15, -0.1) is 5.48 Å². The van der Waals surface area contributed by atoms with Crippen molar-refractivity contribution in [1.82, 2.24) is 10.8 Å². The first-order valence-electron chi connectivity index (χ1n) is 5.84. The van der Waals surface area contributed by atoms with Gasteiger partial charge in [-0.05, 0) is 30.4 Å². The summed E-state index contributed by atoms with van der Waals surface area (Å²) in [5, 5.41) is 9.28. The Morgan fingerprint density at radius 2 is 2.05 bits per heavy atom. The second-order valence-electron chi connectivity index (χ2n) is 4.10. The molecule has 2 amide bonds. The summed E-state index contributed by atoms with van der Waals surface area (Å²) in [5.74, 6) is 0. The van der Waals surface area contributed by atoms with E-state index in [4.69, 9.17) is 4.94 Å². The SMILES string of the molecule is O=C(NC1=CC2NON=C2C=C1)Nc1ccccc1. The number of fused-ring (bicyclic) bond motifs is 1. The Hall–Kier alpha value is -2.60. The number of carbonyl (C=O) groups is 1. The average molecular weight is 256 g/mol. The van der Waals surface area contributed by atoms with E-state index in [1.54, 1.807) is 12.2 Å². The van der Waals surface area contributed by atoms with Gasteiger partial charge in [-0.3, -0.25) is 4.94 Å². The zero-order valence-corrected chi connectivity index (χ0v) is 9.96. The van der Waals surface area contributed by atoms with Gasteiger partial charge in [0, 0.05) is 11.4 Å². The topological polar surface area (TPSA) is 74.8 Å². The van der Waals surface area contributed by atoms with E-state index in [0.717, 1.165) is 11.4 Å². The maximum absolute atomic E-state index is 11.8. The first-order chi connectivity index (χ1) is 9.31. The number of benzene rings is 1. The number of anilines is 1. The van der Waals surface area contributed by atoms with Crippen LogP contribution in [0.5, 0.6) is 0 Å². The van der Waals surface area contributed by atoms with Crippen LogP contribution in [0.4, 0.5) is 10.5 Å². The predicted octanol–water partition coefficient (Wildman–Crippen LogP) is 1.52. The Bertz CT molecular complexity index is 578. The highest BCUT2D eigenvalue weighted by molar-refractivity contribution is 6.03. The quantitative estimate of drug-likeness (QED) is 0.751. The summed E-state index contributed by atoms with van der Waals surface area (Å²) in [5.41, 5.74) is 4.93. The molecule has 0 saturated carbocycles. The molecule has 1 heterocycles. The van der Waals surface area contributed by atoms with Crippen LogP contribution in [-0.4, -0.2) is 17.8 Å². The third kappa shape index (κ3) is 2.63. The summed E-state index contributed by atoms with van der Waals surface area (Å²) >= 11 is 0. The number of nitrogens with one attached hydrogen (secondary N) is 3. The van der Waals surface area contributed by atoms with Crippen molar-refractivity contribution in [3.05, 3.63) is 54.3 Å². The monoisotopic (exact) mass is 256 g/mol. The van der Waals surface area contributed by atoms with Crippen molar-refractivity contribution in [3.8, 4) is 0 Å². The van der Waals surface area contributed by atoms with Crippen molar-refractivity contribution >= 4 is 17.4 Å². The molecule has 96 valence electrons. The summed E-state index contributed by atoms with van der Waals surface area (Å²) in [4.78, 5) is 16.5. The molecular weight excluding hydrogens is 244 g/mol. The highest BCUT2D eigenvalue weighted by atomic mass is 16.8. The molecule has 0 saturated heterocycles. The van der Waals surface area contributed by atoms with Gasteiger partial charge in [-0.1, -0.05) is 23.4 Å². The van der Waals surface area contributed by atoms with Crippen molar-refractivity contribution in [3.63, 3.8) is 0 Å². The summed E-state index contributed by atoms with van der Waals surface area (Å²) in [6.45, 7) is 0. The van der Waals surface area contributed by atoms with E-state index in [1.165, 1.54) is 0 Å². The van der Waals surface area contributed by atoms with Crippen LogP contribution in [0.15, 0.2) is 59.4 Å². The molecule has 3 rings (SSSR count). The summed E-state index contributed by atoms with van der Waals surface area (Å²) in [6, 6.07) is 8.85. The summed E-state index contributed by atoms with van der Waals surface area (Å²) < 4.78 is 0. The Morgan fingerprint density at radius 1 is 1.21 bits per heavy atom. The number of allylic oxidation sites excluding steroid dienone is 1. The standard InChI is InChI=1S/C13H12N4O2/c18-13(14-9-4-2-1-3-5-9)15-10-6-7-11-12(8-10)17-19-16-11/h1-8,12,17H,(H2,14,15,18). The largest absolute Gasteiger partial charge is 0.323 e. The fourth-order valence-electron chi connectivity index (χ4n) is 1.82. The molecule has 0 spiro atoms. The second kappa shape index (κ2) is 4.95. The summed E-state index contributed by atoms with van der Waals surface area (Å²) in [7, 11) is 0. The number of nitrogens with zero attached hydrogens (tertiary/aromatic N) is 1. The van der Waals surface area contributed by atoms with Gasteiger partial charge >= 0.3 is 6.03 Å². The third-order valence-corrected chi connectivity index (χ3v) is 2.72. The van der Waals surface area contributed by atoms with Crippen molar-refractivity contribution in [1.29, 1.82) is 0 Å². The van der Waals surface area contributed by atoms with Crippen molar-refractivity contribution in [2.24, 2.45) is 5.16 Å². The van der Waals surface area contributed by atoms with E-state index < -0.39 is 0 Å². The number of amides is 2. The fourth-order valence-corrected chi connectivity index (χ4v) is 1.82. The Balaban J connectivity index is 1.62. The summed E-state index contributed by atoms with van der Waals surface area (Å²) in [6.07, 6.45) is 5.40. The van der Waals surface area contributed by atoms with E-state index in [9.17, 15) is 4.79 Å². The van der Waals surface area contributed by atoms with Crippen molar-refractivity contribution in [2.45, 2.75) is 6.04 Å². The predicted molar refractivity (Wildman–Crippen MR) is 71.3 cm³/mol. The van der Waals surface area contributed by atoms with Crippen LogP contribution in [-0.2, 0) is 4.94 Å². The molecule has 19 heavy (non-hydrogen) atoms. The van der Waals surface area contributed by atoms with Crippen LogP contribution in [0.2, 0.25) is 0 Å². The van der Waals surface area contributed by atoms with Gasteiger partial charge in [-0.25, -0.2) is 4.79 Å². The van der Waals surface area contributed by atoms with E-state index in [-0.39, 0.29) is 12.1 Å². The molecule has 1 unspecified atom stereocenters. The maximum atomic E-state index is 11.8. The van der Waals surface area contributed by atoms with Gasteiger partial charge in [0.15, 0.2) is 0 Å². The molecule has 0 aromatic heterocycles. The lowest BCUT2D eigenvalue weighted by Gasteiger charge is -2.13. The fraction of sp³-hybridized carbons (Fsp3) is 0.0769. The van der Waals surface area contributed by atoms with Gasteiger partial charge in [-0.2, -0.15) is 0 Å². The van der Waals surface area contributed by atoms with Crippen molar-refractivity contribution in [2.75, 3.05) is 5.32 Å². The minimum absolute atomic E-state index is 0.114. The van der Waals surface area contributed by atoms with Crippen LogP contribution in [0.25, 0.3) is 0 Å². The zero-order chi connectivity index (χ0) is 13.1. The molecule has 3 N–H and O–H groups in total. The normalized spacial score (nSPS) is 19.9. The smallest absolute Gasteiger partial charge is 0.308 e. The van der Waals surface area contributed by atoms with E-state index >= 15 is 0 Å². The van der Waals surface area contributed by atoms with Gasteiger partial charge in [0.1, 0.15) is 11.8 Å². The third-order valence-electron chi connectivity index (χ3n) is 2.72. The highest BCUT2D eigenvalue weighted by Crippen LogP contribution is 2.11. The van der Waals surface area contributed by atoms with E-state index in [0.29, 0.717) is 5.70 Å². The molecule has 0 bridgehead atoms. The molecule has 6 nitrogen and oxygen atoms in total. The van der Waals surface area contributed by atoms with Crippen LogP contribution in [0.3, 0.4) is 0 Å². The number of hydroxylamine groups is 1. The molecule has 1 aromatic carbocycles. The first kappa shape index (κ1) is 11.5. The highest BCUT2D eigenvalue weighted by Gasteiger charge is 2.22. The minimum Gasteiger partial charge on any atom is -0.308 e. The van der Waals surface area contributed by atoms with Crippen LogP contribution < -0.4 is 16.1 Å². The number of hydrogen-bond acceptors (Lipinski definition) is 4. The molecule has 1 aromatic rings. The first-order valence-corrected chi connectivity index (χ1v) is 5.84. The number of hydrogen-bond donors (Lipinski definition) is 3. The number of carbonyl (C=O) groups excluding carboxylic acids is 1. The molecule has 1 atom stereocenters. The number of rotatable bonds is 2. The number of oxime groups is 1. The van der Waals surface area contributed by atoms with Crippen LogP contribution in [0, 0.1) is 0 Å². The molecular formula is C13H12N4O2. The zero-order valence-electron chi connectivity index (χ0n) is 9.96. The van der Waals surface area contributed by atoms with Gasteiger partial charge < -0.3 is 10.6 Å². The van der Waals surface area contributed by atoms with Gasteiger partial charge in [0.25, 0.3) is 0 Å². The lowest BCUT2D eigenvalue weighted by atomic mass is 10.1. The average Bonchev–Trinajstić information content (AvgIpc) is 2.87. The Kier molecular flexibility index (Phi) is 2.99. The van der Waals surface area contributed by atoms with Gasteiger partial charge in [0.05, 0.1) is 0 Å². The van der Waals surface area contributed by atoms with Gasteiger partial charge in [0.2, 0.25) is 0 Å². The number of urea groups is 1. The lowest BCUT2D eigenvalue weighted by molar-refractivity contribution is 0.0670. The van der Waals surface area contributed by atoms with Crippen molar-refractivity contribution < 1.29 is 9.73 Å². The Labute approximate surface area is 109 Å². The maximum Gasteiger partial charge on any atom is 0.323 e. The molecule has 2 aliphatic rings. The van der Waals surface area contributed by atoms with Crippen LogP contribution in [0.1, 0.15) is 0 Å². The Morgan fingerprint density at radius 3 is 2.89 bits per heavy atom. The molecule has 6 heteroatoms. The molecule has 0 radical (unpaired) electrons. The molecule has 1 aliphatic heterocycles. The van der Waals surface area contributed by atoms with E-state index in [1.807, 2.05) is 36.4 Å². The van der Waals surface area contributed by atoms with Crippen LogP contribution >= 0.6 is 0 Å². The molecule has 1 aliphatic carbocycles. The lowest BCUT2D eigenvalue weighted by Crippen LogP contribution is -2.33. The minimum atomic E-state index is -0.290. The number of para-hydroxylation sites is 1. The van der Waals surface area contributed by atoms with E-state index in [2.05, 4.69) is 21.3 Å². The molecule has 0 fully saturated rings. The second-order valence-corrected chi connectivity index (χ2v) is 4.10.